The van der Waals surface area contributed by atoms with Crippen molar-refractivity contribution in [2.45, 2.75) is 56.9 Å². The number of imide groups is 1. The molecule has 2 saturated heterocycles. The van der Waals surface area contributed by atoms with Crippen LogP contribution in [0.2, 0.25) is 0 Å². The summed E-state index contributed by atoms with van der Waals surface area (Å²) in [6, 6.07) is 7.89. The number of nitrogens with zero attached hydrogens (tertiary/aromatic N) is 4. The van der Waals surface area contributed by atoms with Gasteiger partial charge in [-0.05, 0) is 69.8 Å². The first-order chi connectivity index (χ1) is 16.4. The molecule has 3 aliphatic rings. The first kappa shape index (κ1) is 25.0. The monoisotopic (exact) mass is 470 g/mol. The van der Waals surface area contributed by atoms with Crippen LogP contribution in [0.3, 0.4) is 0 Å². The van der Waals surface area contributed by atoms with Crippen LogP contribution >= 0.6 is 0 Å². The zero-order valence-electron chi connectivity index (χ0n) is 21.3. The Balaban J connectivity index is 1.45. The van der Waals surface area contributed by atoms with Crippen molar-refractivity contribution in [2.75, 3.05) is 60.5 Å². The van der Waals surface area contributed by atoms with Crippen LogP contribution in [0, 0.1) is 5.92 Å². The molecule has 1 aromatic rings. The van der Waals surface area contributed by atoms with Crippen molar-refractivity contribution < 1.29 is 14.3 Å². The van der Waals surface area contributed by atoms with Gasteiger partial charge < -0.3 is 19.4 Å². The number of carbonyl (C=O) groups is 2. The molecule has 1 aliphatic carbocycles. The van der Waals surface area contributed by atoms with Gasteiger partial charge in [-0.2, -0.15) is 0 Å². The third-order valence-corrected chi connectivity index (χ3v) is 8.10. The van der Waals surface area contributed by atoms with E-state index >= 15 is 0 Å². The Hall–Kier alpha value is -2.12. The number of piperidine rings is 1. The number of rotatable bonds is 9. The smallest absolute Gasteiger partial charge is 0.327 e. The molecule has 1 spiro atoms. The first-order valence-electron chi connectivity index (χ1n) is 13.1. The number of methoxy groups -OCH3 is 1. The molecule has 188 valence electrons. The molecule has 0 atom stereocenters. The number of likely N-dealkylation sites (tertiary alicyclic amines) is 1. The van der Waals surface area contributed by atoms with E-state index in [9.17, 15) is 9.59 Å². The predicted octanol–water partition coefficient (Wildman–Crippen LogP) is 3.48. The molecule has 1 saturated carbocycles. The number of ether oxygens (including phenoxy) is 1. The van der Waals surface area contributed by atoms with Gasteiger partial charge in [0.05, 0.1) is 7.11 Å². The molecule has 34 heavy (non-hydrogen) atoms. The molecule has 0 radical (unpaired) electrons. The van der Waals surface area contributed by atoms with E-state index in [1.807, 2.05) is 48.2 Å². The van der Waals surface area contributed by atoms with Crippen LogP contribution in [-0.4, -0.2) is 97.6 Å². The van der Waals surface area contributed by atoms with Gasteiger partial charge >= 0.3 is 6.03 Å². The fraction of sp³-hybridized carbons (Fsp3) is 0.704. The quantitative estimate of drug-likeness (QED) is 0.517. The third-order valence-electron chi connectivity index (χ3n) is 8.10. The van der Waals surface area contributed by atoms with Gasteiger partial charge in [-0.15, -0.1) is 0 Å². The molecule has 0 aromatic heterocycles. The number of hydrogen-bond donors (Lipinski definition) is 0. The lowest BCUT2D eigenvalue weighted by Gasteiger charge is -2.43. The number of carbonyl (C=O) groups excluding carboxylic acids is 2. The summed E-state index contributed by atoms with van der Waals surface area (Å²) < 4.78 is 5.27. The Morgan fingerprint density at radius 2 is 1.68 bits per heavy atom. The van der Waals surface area contributed by atoms with E-state index in [0.29, 0.717) is 19.6 Å². The first-order valence-corrected chi connectivity index (χ1v) is 13.1. The van der Waals surface area contributed by atoms with Crippen LogP contribution in [0.5, 0.6) is 5.75 Å². The third kappa shape index (κ3) is 5.41. The van der Waals surface area contributed by atoms with E-state index in [-0.39, 0.29) is 11.9 Å². The van der Waals surface area contributed by atoms with Gasteiger partial charge in [0.2, 0.25) is 0 Å². The molecule has 1 aromatic carbocycles. The van der Waals surface area contributed by atoms with Crippen molar-refractivity contribution in [2.24, 2.45) is 5.92 Å². The van der Waals surface area contributed by atoms with Crippen molar-refractivity contribution >= 4 is 11.9 Å². The summed E-state index contributed by atoms with van der Waals surface area (Å²) in [7, 11) is 5.62. The van der Waals surface area contributed by atoms with Crippen LogP contribution in [-0.2, 0) is 11.2 Å². The molecule has 0 unspecified atom stereocenters. The molecule has 0 N–H and O–H groups in total. The molecular weight excluding hydrogens is 428 g/mol. The van der Waals surface area contributed by atoms with E-state index < -0.39 is 5.54 Å². The highest BCUT2D eigenvalue weighted by atomic mass is 16.5. The van der Waals surface area contributed by atoms with E-state index in [2.05, 4.69) is 4.90 Å². The molecule has 3 fully saturated rings. The average Bonchev–Trinajstić information content (AvgIpc) is 3.04. The molecule has 7 heteroatoms. The van der Waals surface area contributed by atoms with Gasteiger partial charge in [0.1, 0.15) is 11.3 Å². The maximum atomic E-state index is 13.7. The number of benzene rings is 1. The van der Waals surface area contributed by atoms with Crippen LogP contribution in [0.1, 0.15) is 50.5 Å². The van der Waals surface area contributed by atoms with E-state index in [4.69, 9.17) is 4.74 Å². The highest BCUT2D eigenvalue weighted by Crippen LogP contribution is 2.38. The van der Waals surface area contributed by atoms with Crippen LogP contribution in [0.25, 0.3) is 0 Å². The second-order valence-electron chi connectivity index (χ2n) is 10.6. The molecule has 4 rings (SSSR count). The minimum Gasteiger partial charge on any atom is -0.497 e. The van der Waals surface area contributed by atoms with E-state index in [1.165, 1.54) is 37.0 Å². The zero-order valence-corrected chi connectivity index (χ0v) is 21.3. The minimum atomic E-state index is -0.682. The van der Waals surface area contributed by atoms with Crippen molar-refractivity contribution in [3.63, 3.8) is 0 Å². The summed E-state index contributed by atoms with van der Waals surface area (Å²) in [6.45, 7) is 4.66. The molecule has 3 amide bonds. The second kappa shape index (κ2) is 11.1. The lowest BCUT2D eigenvalue weighted by atomic mass is 9.84. The van der Waals surface area contributed by atoms with Crippen molar-refractivity contribution in [1.29, 1.82) is 0 Å². The van der Waals surface area contributed by atoms with Gasteiger partial charge in [0.25, 0.3) is 5.91 Å². The van der Waals surface area contributed by atoms with E-state index in [1.54, 1.807) is 7.11 Å². The zero-order chi connectivity index (χ0) is 24.1. The summed E-state index contributed by atoms with van der Waals surface area (Å²) in [6.07, 6.45) is 8.98. The number of amides is 3. The Bertz CT molecular complexity index is 827. The Morgan fingerprint density at radius 1 is 1.00 bits per heavy atom. The van der Waals surface area contributed by atoms with Crippen molar-refractivity contribution in [3.05, 3.63) is 29.8 Å². The van der Waals surface area contributed by atoms with Gasteiger partial charge in [0.15, 0.2) is 0 Å². The minimum absolute atomic E-state index is 0.0198. The van der Waals surface area contributed by atoms with Crippen LogP contribution < -0.4 is 4.74 Å². The average molecular weight is 471 g/mol. The summed E-state index contributed by atoms with van der Waals surface area (Å²) in [5.41, 5.74) is 0.469. The fourth-order valence-electron chi connectivity index (χ4n) is 5.95. The Kier molecular flexibility index (Phi) is 8.14. The maximum Gasteiger partial charge on any atom is 0.327 e. The van der Waals surface area contributed by atoms with Gasteiger partial charge in [-0.3, -0.25) is 9.69 Å². The van der Waals surface area contributed by atoms with Gasteiger partial charge in [-0.25, -0.2) is 4.79 Å². The number of likely N-dealkylation sites (N-methyl/N-ethyl adjacent to an activating group) is 1. The Labute approximate surface area is 205 Å². The van der Waals surface area contributed by atoms with Crippen molar-refractivity contribution in [1.82, 2.24) is 19.6 Å². The summed E-state index contributed by atoms with van der Waals surface area (Å²) in [5, 5.41) is 0. The lowest BCUT2D eigenvalue weighted by Crippen LogP contribution is -2.57. The Morgan fingerprint density at radius 3 is 2.29 bits per heavy atom. The lowest BCUT2D eigenvalue weighted by molar-refractivity contribution is -0.135. The van der Waals surface area contributed by atoms with Crippen molar-refractivity contribution in [3.8, 4) is 5.75 Å². The van der Waals surface area contributed by atoms with E-state index in [0.717, 1.165) is 56.1 Å². The molecule has 2 heterocycles. The van der Waals surface area contributed by atoms with Gasteiger partial charge in [0, 0.05) is 39.3 Å². The maximum absolute atomic E-state index is 13.7. The van der Waals surface area contributed by atoms with Gasteiger partial charge in [-0.1, -0.05) is 31.4 Å². The molecule has 2 aliphatic heterocycles. The summed E-state index contributed by atoms with van der Waals surface area (Å²) in [5.74, 6) is 1.64. The summed E-state index contributed by atoms with van der Waals surface area (Å²) >= 11 is 0. The SMILES string of the molecule is COc1ccc(CCN2C(=O)N(CCN(C)C)C(=O)C23CCN(CC2CCCCC2)CC3)cc1. The molecule has 0 bridgehead atoms. The fourth-order valence-corrected chi connectivity index (χ4v) is 5.95. The van der Waals surface area contributed by atoms with Crippen LogP contribution in [0.4, 0.5) is 4.79 Å². The summed E-state index contributed by atoms with van der Waals surface area (Å²) in [4.78, 5) is 35.2. The number of hydrogen-bond acceptors (Lipinski definition) is 5. The molecule has 7 nitrogen and oxygen atoms in total. The highest BCUT2D eigenvalue weighted by Gasteiger charge is 2.57. The predicted molar refractivity (Wildman–Crippen MR) is 134 cm³/mol. The standard InChI is InChI=1S/C27H42N4O3/c1-28(2)19-20-30-25(32)27(14-17-29(18-15-27)21-23-7-5-4-6-8-23)31(26(30)33)16-13-22-9-11-24(34-3)12-10-22/h9-12,23H,4-8,13-21H2,1-3H3. The normalized spacial score (nSPS) is 21.8. The molecular formula is C27H42N4O3. The topological polar surface area (TPSA) is 56.3 Å². The second-order valence-corrected chi connectivity index (χ2v) is 10.6. The highest BCUT2D eigenvalue weighted by molar-refractivity contribution is 6.07. The van der Waals surface area contributed by atoms with Crippen LogP contribution in [0.15, 0.2) is 24.3 Å². The largest absolute Gasteiger partial charge is 0.497 e. The number of urea groups is 1.